The summed E-state index contributed by atoms with van der Waals surface area (Å²) in [5, 5.41) is 0. The molecule has 1 N–H and O–H groups in total. The van der Waals surface area contributed by atoms with Crippen molar-refractivity contribution in [3.63, 3.8) is 0 Å². The highest BCUT2D eigenvalue weighted by atomic mass is 16.2. The molecule has 4 rings (SSSR count). The normalized spacial score (nSPS) is 13.5. The predicted molar refractivity (Wildman–Crippen MR) is 151 cm³/mol. The fraction of sp³-hybridized carbons (Fsp3) is 0.500. The fourth-order valence-corrected chi connectivity index (χ4v) is 5.18. The lowest BCUT2D eigenvalue weighted by atomic mass is 10.0. The van der Waals surface area contributed by atoms with Crippen LogP contribution in [0.15, 0.2) is 55.3 Å². The molecule has 0 unspecified atom stereocenters. The van der Waals surface area contributed by atoms with E-state index >= 15 is 0 Å². The molecule has 0 saturated heterocycles. The van der Waals surface area contributed by atoms with E-state index < -0.39 is 0 Å². The summed E-state index contributed by atoms with van der Waals surface area (Å²) in [5.74, 6) is 2.04. The van der Waals surface area contributed by atoms with E-state index in [1.165, 1.54) is 18.4 Å². The van der Waals surface area contributed by atoms with Crippen molar-refractivity contribution in [3.05, 3.63) is 83.6 Å². The zero-order valence-electron chi connectivity index (χ0n) is 23.3. The number of amides is 1. The van der Waals surface area contributed by atoms with Gasteiger partial charge in [-0.2, -0.15) is 0 Å². The maximum atomic E-state index is 13.4. The number of aromatic nitrogens is 4. The maximum Gasteiger partial charge on any atom is 0.258 e. The predicted octanol–water partition coefficient (Wildman–Crippen LogP) is 4.76. The van der Waals surface area contributed by atoms with E-state index in [2.05, 4.69) is 61.4 Å². The first kappa shape index (κ1) is 27.8. The standard InChI is InChI=1S/C30H43N7O/c1-4-15-35(16-5-2)17-6-7-18-37-19-8-9-26-21-25(10-11-27(26)30(37)38)22-36(23-28-31-12-13-32-28)24-29-33-14-20-34(29)3/h8,10-14,19-21H,4-7,9,15-18,22-24H2,1-3H3,(H,31,32). The minimum absolute atomic E-state index is 0.111. The molecule has 38 heavy (non-hydrogen) atoms. The van der Waals surface area contributed by atoms with Crippen LogP contribution in [0.2, 0.25) is 0 Å². The minimum atomic E-state index is 0.111. The number of nitrogens with one attached hydrogen (secondary N) is 1. The van der Waals surface area contributed by atoms with E-state index in [4.69, 9.17) is 0 Å². The molecule has 8 heteroatoms. The molecule has 2 aromatic heterocycles. The number of allylic oxidation sites excluding steroid dienone is 1. The van der Waals surface area contributed by atoms with Crippen molar-refractivity contribution in [3.8, 4) is 0 Å². The monoisotopic (exact) mass is 517 g/mol. The Kier molecular flexibility index (Phi) is 10.3. The lowest BCUT2D eigenvalue weighted by Crippen LogP contribution is -2.29. The lowest BCUT2D eigenvalue weighted by molar-refractivity contribution is 0.0820. The van der Waals surface area contributed by atoms with Gasteiger partial charge in [0, 0.05) is 56.7 Å². The Morgan fingerprint density at radius 2 is 1.82 bits per heavy atom. The second-order valence-corrected chi connectivity index (χ2v) is 10.3. The Labute approximate surface area is 227 Å². The smallest absolute Gasteiger partial charge is 0.258 e. The van der Waals surface area contributed by atoms with Crippen LogP contribution in [-0.4, -0.2) is 66.3 Å². The molecule has 3 aromatic rings. The molecule has 0 radical (unpaired) electrons. The maximum absolute atomic E-state index is 13.4. The van der Waals surface area contributed by atoms with Gasteiger partial charge in [0.25, 0.3) is 5.91 Å². The van der Waals surface area contributed by atoms with Gasteiger partial charge in [-0.25, -0.2) is 9.97 Å². The van der Waals surface area contributed by atoms with Crippen LogP contribution in [0.25, 0.3) is 0 Å². The third kappa shape index (κ3) is 7.65. The van der Waals surface area contributed by atoms with Crippen molar-refractivity contribution in [2.24, 2.45) is 7.05 Å². The molecule has 0 saturated carbocycles. The number of H-pyrrole nitrogens is 1. The summed E-state index contributed by atoms with van der Waals surface area (Å²) >= 11 is 0. The highest BCUT2D eigenvalue weighted by Gasteiger charge is 2.20. The molecule has 204 valence electrons. The number of benzene rings is 1. The van der Waals surface area contributed by atoms with E-state index in [9.17, 15) is 4.79 Å². The summed E-state index contributed by atoms with van der Waals surface area (Å²) in [6.45, 7) is 10.8. The van der Waals surface area contributed by atoms with Gasteiger partial charge in [-0.05, 0) is 68.9 Å². The Morgan fingerprint density at radius 1 is 0.974 bits per heavy atom. The molecule has 0 atom stereocenters. The molecule has 1 aliphatic heterocycles. The van der Waals surface area contributed by atoms with Crippen molar-refractivity contribution in [2.45, 2.75) is 65.6 Å². The first-order chi connectivity index (χ1) is 18.6. The van der Waals surface area contributed by atoms with Crippen LogP contribution in [0.5, 0.6) is 0 Å². The number of unbranched alkanes of at least 4 members (excludes halogenated alkanes) is 1. The lowest BCUT2D eigenvalue weighted by Gasteiger charge is -2.23. The number of carbonyl (C=O) groups excluding carboxylic acids is 1. The number of rotatable bonds is 15. The van der Waals surface area contributed by atoms with Crippen LogP contribution in [0.3, 0.4) is 0 Å². The van der Waals surface area contributed by atoms with Gasteiger partial charge in [0.2, 0.25) is 0 Å². The molecular formula is C30H43N7O. The summed E-state index contributed by atoms with van der Waals surface area (Å²) in [5.41, 5.74) is 3.10. The first-order valence-electron chi connectivity index (χ1n) is 14.1. The third-order valence-electron chi connectivity index (χ3n) is 7.11. The van der Waals surface area contributed by atoms with Crippen molar-refractivity contribution in [1.82, 2.24) is 34.2 Å². The quantitative estimate of drug-likeness (QED) is 0.294. The molecule has 1 aromatic carbocycles. The second kappa shape index (κ2) is 14.1. The number of aromatic amines is 1. The number of imidazole rings is 2. The van der Waals surface area contributed by atoms with Crippen LogP contribution in [0, 0.1) is 0 Å². The van der Waals surface area contributed by atoms with Crippen LogP contribution in [-0.2, 0) is 33.1 Å². The number of carbonyl (C=O) groups is 1. The Hall–Kier alpha value is -3.23. The molecule has 1 aliphatic rings. The van der Waals surface area contributed by atoms with Gasteiger partial charge in [0.05, 0.1) is 13.1 Å². The molecule has 0 fully saturated rings. The zero-order valence-corrected chi connectivity index (χ0v) is 23.3. The van der Waals surface area contributed by atoms with Crippen LogP contribution < -0.4 is 0 Å². The molecule has 1 amide bonds. The summed E-state index contributed by atoms with van der Waals surface area (Å²) in [6, 6.07) is 6.31. The number of nitrogens with zero attached hydrogens (tertiary/aromatic N) is 6. The van der Waals surface area contributed by atoms with E-state index in [1.807, 2.05) is 42.8 Å². The van der Waals surface area contributed by atoms with Gasteiger partial charge < -0.3 is 19.4 Å². The molecule has 0 bridgehead atoms. The van der Waals surface area contributed by atoms with Gasteiger partial charge in [-0.1, -0.05) is 32.1 Å². The zero-order chi connectivity index (χ0) is 26.7. The molecule has 3 heterocycles. The van der Waals surface area contributed by atoms with E-state index in [1.54, 1.807) is 6.20 Å². The highest BCUT2D eigenvalue weighted by Crippen LogP contribution is 2.21. The van der Waals surface area contributed by atoms with Crippen molar-refractivity contribution < 1.29 is 4.79 Å². The van der Waals surface area contributed by atoms with Crippen LogP contribution >= 0.6 is 0 Å². The number of fused-ring (bicyclic) bond motifs is 1. The third-order valence-corrected chi connectivity index (χ3v) is 7.11. The Bertz CT molecular complexity index is 1160. The van der Waals surface area contributed by atoms with Crippen LogP contribution in [0.4, 0.5) is 0 Å². The second-order valence-electron chi connectivity index (χ2n) is 10.3. The van der Waals surface area contributed by atoms with Crippen molar-refractivity contribution in [2.75, 3.05) is 26.2 Å². The fourth-order valence-electron chi connectivity index (χ4n) is 5.18. The van der Waals surface area contributed by atoms with Gasteiger partial charge in [0.1, 0.15) is 11.6 Å². The number of hydrogen-bond acceptors (Lipinski definition) is 5. The largest absolute Gasteiger partial charge is 0.348 e. The van der Waals surface area contributed by atoms with Gasteiger partial charge in [-0.15, -0.1) is 0 Å². The average molecular weight is 518 g/mol. The average Bonchev–Trinajstić information content (AvgIpc) is 3.53. The summed E-state index contributed by atoms with van der Waals surface area (Å²) in [4.78, 5) is 32.3. The molecule has 0 aliphatic carbocycles. The Morgan fingerprint density at radius 3 is 2.53 bits per heavy atom. The number of hydrogen-bond donors (Lipinski definition) is 1. The van der Waals surface area contributed by atoms with Gasteiger partial charge >= 0.3 is 0 Å². The van der Waals surface area contributed by atoms with E-state index in [-0.39, 0.29) is 5.91 Å². The summed E-state index contributed by atoms with van der Waals surface area (Å²) in [7, 11) is 2.02. The highest BCUT2D eigenvalue weighted by molar-refractivity contribution is 5.97. The minimum Gasteiger partial charge on any atom is -0.348 e. The van der Waals surface area contributed by atoms with E-state index in [0.717, 1.165) is 74.8 Å². The summed E-state index contributed by atoms with van der Waals surface area (Å²) < 4.78 is 2.05. The molecule has 0 spiro atoms. The van der Waals surface area contributed by atoms with Crippen molar-refractivity contribution >= 4 is 5.91 Å². The van der Waals surface area contributed by atoms with Crippen LogP contribution in [0.1, 0.15) is 72.7 Å². The summed E-state index contributed by atoms with van der Waals surface area (Å²) in [6.07, 6.45) is 16.8. The Balaban J connectivity index is 1.39. The molecule has 8 nitrogen and oxygen atoms in total. The SMILES string of the molecule is CCCN(CCC)CCCCN1C=CCc2cc(CN(Cc3ncc[nH]3)Cc3nccn3C)ccc2C1=O. The van der Waals surface area contributed by atoms with Gasteiger partial charge in [-0.3, -0.25) is 9.69 Å². The van der Waals surface area contributed by atoms with Crippen molar-refractivity contribution in [1.29, 1.82) is 0 Å². The number of aryl methyl sites for hydroxylation is 1. The first-order valence-corrected chi connectivity index (χ1v) is 14.1. The molecular weight excluding hydrogens is 474 g/mol. The van der Waals surface area contributed by atoms with Gasteiger partial charge in [0.15, 0.2) is 0 Å². The topological polar surface area (TPSA) is 73.3 Å². The van der Waals surface area contributed by atoms with E-state index in [0.29, 0.717) is 13.1 Å².